The molecule has 3 aromatic rings. The van der Waals surface area contributed by atoms with Crippen LogP contribution in [0.4, 0.5) is 11.6 Å². The molecule has 27 heavy (non-hydrogen) atoms. The molecule has 1 aliphatic rings. The van der Waals surface area contributed by atoms with Crippen LogP contribution in [0.25, 0.3) is 0 Å². The molecule has 2 aromatic carbocycles. The van der Waals surface area contributed by atoms with Crippen LogP contribution in [0.3, 0.4) is 0 Å². The Morgan fingerprint density at radius 3 is 2.59 bits per heavy atom. The number of anilines is 2. The summed E-state index contributed by atoms with van der Waals surface area (Å²) in [5, 5.41) is 3.51. The van der Waals surface area contributed by atoms with Gasteiger partial charge in [0.2, 0.25) is 5.95 Å². The molecule has 0 spiro atoms. The van der Waals surface area contributed by atoms with Crippen LogP contribution in [0.1, 0.15) is 27.0 Å². The number of fused-ring (bicyclic) bond motifs is 1. The number of amides is 1. The van der Waals surface area contributed by atoms with E-state index in [0.717, 1.165) is 30.8 Å². The van der Waals surface area contributed by atoms with E-state index in [-0.39, 0.29) is 5.91 Å². The van der Waals surface area contributed by atoms with E-state index in [9.17, 15) is 4.79 Å². The Kier molecular flexibility index (Phi) is 4.77. The van der Waals surface area contributed by atoms with Gasteiger partial charge in [0.25, 0.3) is 5.91 Å². The van der Waals surface area contributed by atoms with Crippen molar-refractivity contribution in [2.45, 2.75) is 19.9 Å². The summed E-state index contributed by atoms with van der Waals surface area (Å²) in [4.78, 5) is 23.4. The van der Waals surface area contributed by atoms with Crippen LogP contribution in [0.2, 0.25) is 5.02 Å². The minimum atomic E-state index is -0.240. The third kappa shape index (κ3) is 3.78. The summed E-state index contributed by atoms with van der Waals surface area (Å²) in [5.74, 6) is 0.402. The molecule has 0 aliphatic carbocycles. The van der Waals surface area contributed by atoms with Crippen molar-refractivity contribution in [3.8, 4) is 0 Å². The van der Waals surface area contributed by atoms with Gasteiger partial charge in [-0.2, -0.15) is 0 Å². The first-order valence-corrected chi connectivity index (χ1v) is 9.19. The van der Waals surface area contributed by atoms with E-state index >= 15 is 0 Å². The standard InChI is InChI=1S/C21H19ClN4O/c1-14-10-18(22)6-7-19(14)25-20(27)17-11-23-21(24-12-17)26-9-8-15-4-2-3-5-16(15)13-26/h2-7,10-12H,8-9,13H2,1H3,(H,25,27). The van der Waals surface area contributed by atoms with Gasteiger partial charge in [0, 0.05) is 36.2 Å². The number of benzene rings is 2. The first-order chi connectivity index (χ1) is 13.1. The van der Waals surface area contributed by atoms with Crippen LogP contribution in [0.15, 0.2) is 54.9 Å². The molecular weight excluding hydrogens is 360 g/mol. The number of hydrogen-bond donors (Lipinski definition) is 1. The number of rotatable bonds is 3. The van der Waals surface area contributed by atoms with Crippen molar-refractivity contribution in [3.63, 3.8) is 0 Å². The Hall–Kier alpha value is -2.92. The van der Waals surface area contributed by atoms with E-state index in [0.29, 0.717) is 16.5 Å². The molecule has 136 valence electrons. The van der Waals surface area contributed by atoms with Gasteiger partial charge in [0.1, 0.15) is 0 Å². The van der Waals surface area contributed by atoms with Gasteiger partial charge in [-0.25, -0.2) is 9.97 Å². The molecule has 1 amide bonds. The quantitative estimate of drug-likeness (QED) is 0.740. The van der Waals surface area contributed by atoms with E-state index < -0.39 is 0 Å². The maximum Gasteiger partial charge on any atom is 0.258 e. The summed E-state index contributed by atoms with van der Waals surface area (Å²) in [6.45, 7) is 3.55. The van der Waals surface area contributed by atoms with Crippen molar-refractivity contribution in [1.29, 1.82) is 0 Å². The summed E-state index contributed by atoms with van der Waals surface area (Å²) in [6, 6.07) is 13.8. The summed E-state index contributed by atoms with van der Waals surface area (Å²) >= 11 is 5.96. The average Bonchev–Trinajstić information content (AvgIpc) is 2.70. The molecule has 0 bridgehead atoms. The zero-order valence-electron chi connectivity index (χ0n) is 14.9. The lowest BCUT2D eigenvalue weighted by atomic mass is 10.0. The van der Waals surface area contributed by atoms with E-state index in [1.807, 2.05) is 13.0 Å². The van der Waals surface area contributed by atoms with Crippen LogP contribution >= 0.6 is 11.6 Å². The Labute approximate surface area is 163 Å². The molecule has 1 N–H and O–H groups in total. The molecule has 2 heterocycles. The lowest BCUT2D eigenvalue weighted by Gasteiger charge is -2.28. The smallest absolute Gasteiger partial charge is 0.258 e. The average molecular weight is 379 g/mol. The molecule has 0 radical (unpaired) electrons. The zero-order chi connectivity index (χ0) is 18.8. The maximum atomic E-state index is 12.5. The van der Waals surface area contributed by atoms with Crippen molar-refractivity contribution in [2.24, 2.45) is 0 Å². The van der Waals surface area contributed by atoms with E-state index in [4.69, 9.17) is 11.6 Å². The second-order valence-corrected chi connectivity index (χ2v) is 7.06. The number of hydrogen-bond acceptors (Lipinski definition) is 4. The zero-order valence-corrected chi connectivity index (χ0v) is 15.7. The third-order valence-electron chi connectivity index (χ3n) is 4.75. The van der Waals surface area contributed by atoms with E-state index in [2.05, 4.69) is 44.5 Å². The first-order valence-electron chi connectivity index (χ1n) is 8.81. The molecule has 5 nitrogen and oxygen atoms in total. The highest BCUT2D eigenvalue weighted by atomic mass is 35.5. The SMILES string of the molecule is Cc1cc(Cl)ccc1NC(=O)c1cnc(N2CCc3ccccc3C2)nc1. The van der Waals surface area contributed by atoms with Gasteiger partial charge in [0.15, 0.2) is 0 Å². The first kappa shape index (κ1) is 17.5. The fourth-order valence-electron chi connectivity index (χ4n) is 3.23. The number of halogens is 1. The Morgan fingerprint density at radius 1 is 1.11 bits per heavy atom. The van der Waals surface area contributed by atoms with E-state index in [1.165, 1.54) is 11.1 Å². The monoisotopic (exact) mass is 378 g/mol. The van der Waals surface area contributed by atoms with Crippen molar-refractivity contribution < 1.29 is 4.79 Å². The molecule has 0 saturated carbocycles. The number of aryl methyl sites for hydroxylation is 1. The van der Waals surface area contributed by atoms with Crippen LogP contribution in [0.5, 0.6) is 0 Å². The topological polar surface area (TPSA) is 58.1 Å². The van der Waals surface area contributed by atoms with Crippen molar-refractivity contribution in [1.82, 2.24) is 9.97 Å². The molecule has 4 rings (SSSR count). The fourth-order valence-corrected chi connectivity index (χ4v) is 3.46. The predicted octanol–water partition coefficient (Wildman–Crippen LogP) is 4.25. The molecular formula is C21H19ClN4O. The van der Waals surface area contributed by atoms with E-state index in [1.54, 1.807) is 24.5 Å². The number of carbonyl (C=O) groups is 1. The number of nitrogens with zero attached hydrogens (tertiary/aromatic N) is 3. The number of carbonyl (C=O) groups excluding carboxylic acids is 1. The van der Waals surface area contributed by atoms with Crippen LogP contribution in [-0.2, 0) is 13.0 Å². The van der Waals surface area contributed by atoms with Crippen molar-refractivity contribution >= 4 is 29.1 Å². The normalized spacial score (nSPS) is 13.2. The molecule has 0 saturated heterocycles. The highest BCUT2D eigenvalue weighted by Crippen LogP contribution is 2.22. The maximum absolute atomic E-state index is 12.5. The predicted molar refractivity (Wildman–Crippen MR) is 107 cm³/mol. The Bertz CT molecular complexity index is 988. The molecule has 0 atom stereocenters. The summed E-state index contributed by atoms with van der Waals surface area (Å²) in [6.07, 6.45) is 4.12. The van der Waals surface area contributed by atoms with Crippen molar-refractivity contribution in [2.75, 3.05) is 16.8 Å². The number of nitrogens with one attached hydrogen (secondary N) is 1. The number of aromatic nitrogens is 2. The van der Waals surface area contributed by atoms with Gasteiger partial charge >= 0.3 is 0 Å². The second-order valence-electron chi connectivity index (χ2n) is 6.63. The molecule has 1 aromatic heterocycles. The minimum Gasteiger partial charge on any atom is -0.336 e. The van der Waals surface area contributed by atoms with Gasteiger partial charge in [-0.05, 0) is 48.2 Å². The van der Waals surface area contributed by atoms with Crippen LogP contribution in [-0.4, -0.2) is 22.4 Å². The lowest BCUT2D eigenvalue weighted by Crippen LogP contribution is -2.31. The van der Waals surface area contributed by atoms with Gasteiger partial charge in [-0.15, -0.1) is 0 Å². The summed E-state index contributed by atoms with van der Waals surface area (Å²) in [5.41, 5.74) is 4.72. The Morgan fingerprint density at radius 2 is 1.85 bits per heavy atom. The van der Waals surface area contributed by atoms with Gasteiger partial charge in [-0.1, -0.05) is 35.9 Å². The highest BCUT2D eigenvalue weighted by molar-refractivity contribution is 6.30. The minimum absolute atomic E-state index is 0.240. The molecule has 0 fully saturated rings. The fraction of sp³-hybridized carbons (Fsp3) is 0.190. The van der Waals surface area contributed by atoms with Gasteiger partial charge in [0.05, 0.1) is 5.56 Å². The molecule has 6 heteroatoms. The lowest BCUT2D eigenvalue weighted by molar-refractivity contribution is 0.102. The molecule has 0 unspecified atom stereocenters. The summed E-state index contributed by atoms with van der Waals surface area (Å²) < 4.78 is 0. The van der Waals surface area contributed by atoms with Crippen LogP contribution in [0, 0.1) is 6.92 Å². The molecule has 1 aliphatic heterocycles. The summed E-state index contributed by atoms with van der Waals surface area (Å²) in [7, 11) is 0. The van der Waals surface area contributed by atoms with Gasteiger partial charge < -0.3 is 10.2 Å². The second kappa shape index (κ2) is 7.37. The Balaban J connectivity index is 1.47. The third-order valence-corrected chi connectivity index (χ3v) is 4.99. The van der Waals surface area contributed by atoms with Crippen molar-refractivity contribution in [3.05, 3.63) is 82.1 Å². The van der Waals surface area contributed by atoms with Gasteiger partial charge in [-0.3, -0.25) is 4.79 Å². The van der Waals surface area contributed by atoms with Crippen LogP contribution < -0.4 is 10.2 Å². The highest BCUT2D eigenvalue weighted by Gasteiger charge is 2.18. The largest absolute Gasteiger partial charge is 0.336 e.